The summed E-state index contributed by atoms with van der Waals surface area (Å²) >= 11 is 4.22. The minimum atomic E-state index is -0.536. The van der Waals surface area contributed by atoms with Crippen LogP contribution in [0.5, 0.6) is 0 Å². The molecule has 0 aromatic rings. The predicted octanol–water partition coefficient (Wildman–Crippen LogP) is 4.85. The molecule has 0 aromatic heterocycles. The van der Waals surface area contributed by atoms with E-state index >= 15 is 0 Å². The van der Waals surface area contributed by atoms with Crippen LogP contribution in [0.1, 0.15) is 72.1 Å². The molecule has 6 rings (SSSR count). The molecule has 0 N–H and O–H groups in total. The van der Waals surface area contributed by atoms with Crippen LogP contribution in [0.4, 0.5) is 0 Å². The number of ether oxygens (including phenoxy) is 4. The third kappa shape index (κ3) is 2.66. The number of ketones is 1. The van der Waals surface area contributed by atoms with Gasteiger partial charge in [0.05, 0.1) is 30.8 Å². The van der Waals surface area contributed by atoms with Crippen molar-refractivity contribution in [2.24, 2.45) is 34.5 Å². The van der Waals surface area contributed by atoms with Crippen molar-refractivity contribution in [2.45, 2.75) is 88.0 Å². The summed E-state index contributed by atoms with van der Waals surface area (Å²) in [5.74, 6) is 1.15. The van der Waals surface area contributed by atoms with Gasteiger partial charge in [-0.05, 0) is 67.6 Å². The van der Waals surface area contributed by atoms with Gasteiger partial charge in [-0.2, -0.15) is 0 Å². The molecule has 2 heterocycles. The molecule has 31 heavy (non-hydrogen) atoms. The van der Waals surface area contributed by atoms with Gasteiger partial charge in [-0.15, -0.1) is 0 Å². The van der Waals surface area contributed by atoms with Crippen molar-refractivity contribution in [2.75, 3.05) is 26.4 Å². The molecule has 0 unspecified atom stereocenters. The van der Waals surface area contributed by atoms with Crippen LogP contribution in [0.2, 0.25) is 0 Å². The molecule has 2 aliphatic heterocycles. The van der Waals surface area contributed by atoms with Crippen molar-refractivity contribution >= 4 is 21.7 Å². The number of alkyl halides is 1. The highest BCUT2D eigenvalue weighted by Gasteiger charge is 2.72. The summed E-state index contributed by atoms with van der Waals surface area (Å²) < 4.78 is 24.0. The largest absolute Gasteiger partial charge is 0.348 e. The van der Waals surface area contributed by atoms with Gasteiger partial charge in [-0.3, -0.25) is 4.79 Å². The molecule has 5 nitrogen and oxygen atoms in total. The maximum Gasteiger partial charge on any atom is 0.169 e. The number of hydrogen-bond donors (Lipinski definition) is 0. The van der Waals surface area contributed by atoms with Gasteiger partial charge in [-0.25, -0.2) is 0 Å². The van der Waals surface area contributed by atoms with Gasteiger partial charge in [0, 0.05) is 25.2 Å². The van der Waals surface area contributed by atoms with E-state index < -0.39 is 15.9 Å². The minimum absolute atomic E-state index is 0.0444. The van der Waals surface area contributed by atoms with Crippen LogP contribution < -0.4 is 0 Å². The van der Waals surface area contributed by atoms with Crippen molar-refractivity contribution in [3.63, 3.8) is 0 Å². The Hall–Kier alpha value is -0.0100. The molecule has 0 radical (unpaired) electrons. The van der Waals surface area contributed by atoms with Crippen molar-refractivity contribution < 1.29 is 23.7 Å². The lowest BCUT2D eigenvalue weighted by atomic mass is 9.43. The molecule has 6 aliphatic rings. The van der Waals surface area contributed by atoms with Crippen molar-refractivity contribution in [1.29, 1.82) is 0 Å². The van der Waals surface area contributed by atoms with Crippen LogP contribution in [-0.4, -0.2) is 48.1 Å². The highest BCUT2D eigenvalue weighted by atomic mass is 79.9. The van der Waals surface area contributed by atoms with Crippen LogP contribution in [0.3, 0.4) is 0 Å². The summed E-state index contributed by atoms with van der Waals surface area (Å²) in [6, 6.07) is 0. The Morgan fingerprint density at radius 1 is 0.839 bits per heavy atom. The third-order valence-electron chi connectivity index (χ3n) is 10.8. The summed E-state index contributed by atoms with van der Waals surface area (Å²) in [7, 11) is 0. The lowest BCUT2D eigenvalue weighted by Crippen LogP contribution is -2.68. The maximum absolute atomic E-state index is 14.1. The highest BCUT2D eigenvalue weighted by Crippen LogP contribution is 2.72. The fraction of sp³-hybridized carbons (Fsp3) is 0.960. The summed E-state index contributed by atoms with van der Waals surface area (Å²) in [4.78, 5) is 14.1. The number of fused-ring (bicyclic) bond motifs is 5. The summed E-state index contributed by atoms with van der Waals surface area (Å²) in [5, 5.41) is 0. The SMILES string of the molecule is CC1([C@@H]2CC[C@@H]3[C@@H]4CC[C@H]5CC6(CC[C@]5(C)[C@@]4(Br)C(=O)C[C@]32C)OCCO6)OCCO1. The van der Waals surface area contributed by atoms with Crippen molar-refractivity contribution in [3.8, 4) is 0 Å². The zero-order chi connectivity index (χ0) is 21.7. The topological polar surface area (TPSA) is 54.0 Å². The maximum atomic E-state index is 14.1. The highest BCUT2D eigenvalue weighted by molar-refractivity contribution is 9.10. The molecule has 2 saturated heterocycles. The van der Waals surface area contributed by atoms with E-state index in [0.29, 0.717) is 56.4 Å². The van der Waals surface area contributed by atoms with Crippen molar-refractivity contribution in [1.82, 2.24) is 0 Å². The number of Topliss-reactive ketones (excluding diaryl/α,β-unsaturated/α-hetero) is 1. The summed E-state index contributed by atoms with van der Waals surface area (Å²) in [6.07, 6.45) is 7.99. The lowest BCUT2D eigenvalue weighted by Gasteiger charge is -2.65. The van der Waals surface area contributed by atoms with Crippen molar-refractivity contribution in [3.05, 3.63) is 0 Å². The minimum Gasteiger partial charge on any atom is -0.348 e. The van der Waals surface area contributed by atoms with Gasteiger partial charge < -0.3 is 18.9 Å². The molecular formula is C25H37BrO5. The van der Waals surface area contributed by atoms with Gasteiger partial charge in [0.2, 0.25) is 0 Å². The molecule has 6 heteroatoms. The monoisotopic (exact) mass is 496 g/mol. The molecule has 6 fully saturated rings. The molecule has 1 spiro atoms. The number of hydrogen-bond acceptors (Lipinski definition) is 5. The fourth-order valence-corrected chi connectivity index (χ4v) is 10.5. The van der Waals surface area contributed by atoms with Gasteiger partial charge in [0.25, 0.3) is 0 Å². The van der Waals surface area contributed by atoms with Gasteiger partial charge in [0.1, 0.15) is 0 Å². The second-order valence-corrected chi connectivity index (χ2v) is 13.1. The second kappa shape index (κ2) is 6.78. The predicted molar refractivity (Wildman–Crippen MR) is 119 cm³/mol. The first-order chi connectivity index (χ1) is 14.7. The van der Waals surface area contributed by atoms with E-state index in [0.717, 1.165) is 38.5 Å². The van der Waals surface area contributed by atoms with E-state index in [1.807, 2.05) is 0 Å². The van der Waals surface area contributed by atoms with E-state index in [1.54, 1.807) is 0 Å². The average molecular weight is 497 g/mol. The van der Waals surface area contributed by atoms with Gasteiger partial charge in [0.15, 0.2) is 17.4 Å². The van der Waals surface area contributed by atoms with E-state index in [-0.39, 0.29) is 16.7 Å². The van der Waals surface area contributed by atoms with E-state index in [1.165, 1.54) is 6.42 Å². The molecular weight excluding hydrogens is 460 g/mol. The Labute approximate surface area is 194 Å². The molecule has 174 valence electrons. The molecule has 4 saturated carbocycles. The molecule has 0 bridgehead atoms. The quantitative estimate of drug-likeness (QED) is 0.485. The number of halogens is 1. The van der Waals surface area contributed by atoms with Crippen LogP contribution in [0.15, 0.2) is 0 Å². The van der Waals surface area contributed by atoms with E-state index in [4.69, 9.17) is 18.9 Å². The Morgan fingerprint density at radius 3 is 2.19 bits per heavy atom. The summed E-state index contributed by atoms with van der Waals surface area (Å²) in [5.41, 5.74) is -0.0912. The normalized spacial score (nSPS) is 52.7. The van der Waals surface area contributed by atoms with Gasteiger partial charge in [-0.1, -0.05) is 29.8 Å². The number of carbonyl (C=O) groups is 1. The summed E-state index contributed by atoms with van der Waals surface area (Å²) in [6.45, 7) is 9.60. The first-order valence-corrected chi connectivity index (χ1v) is 13.2. The van der Waals surface area contributed by atoms with Gasteiger partial charge >= 0.3 is 0 Å². The Balaban J connectivity index is 1.33. The van der Waals surface area contributed by atoms with Crippen LogP contribution in [0, 0.1) is 34.5 Å². The lowest BCUT2D eigenvalue weighted by molar-refractivity contribution is -0.229. The number of rotatable bonds is 1. The Bertz CT molecular complexity index is 774. The molecule has 0 amide bonds. The standard InChI is InChI=1S/C25H37BrO5/c1-21-15-20(27)25(26)18(17(21)6-7-19(21)23(3)28-10-11-29-23)5-4-16-14-24(30-12-13-31-24)9-8-22(16,25)2/h16-19H,4-15H2,1-3H3/t16-,17+,18-,19+,21+,22-,25-/m0/s1. The van der Waals surface area contributed by atoms with Crippen LogP contribution >= 0.6 is 15.9 Å². The van der Waals surface area contributed by atoms with Crippen LogP contribution in [0.25, 0.3) is 0 Å². The fourth-order valence-electron chi connectivity index (χ4n) is 9.27. The van der Waals surface area contributed by atoms with E-state index in [2.05, 4.69) is 36.7 Å². The second-order valence-electron chi connectivity index (χ2n) is 11.9. The zero-order valence-electron chi connectivity index (χ0n) is 19.2. The molecule has 0 aromatic carbocycles. The Morgan fingerprint density at radius 2 is 1.48 bits per heavy atom. The third-order valence-corrected chi connectivity index (χ3v) is 12.7. The molecule has 4 aliphatic carbocycles. The zero-order valence-corrected chi connectivity index (χ0v) is 20.8. The first-order valence-electron chi connectivity index (χ1n) is 12.5. The first kappa shape index (κ1) is 21.5. The Kier molecular flexibility index (Phi) is 4.70. The van der Waals surface area contributed by atoms with Crippen LogP contribution in [-0.2, 0) is 23.7 Å². The molecule has 7 atom stereocenters. The van der Waals surface area contributed by atoms with E-state index in [9.17, 15) is 4.79 Å². The average Bonchev–Trinajstić information content (AvgIpc) is 3.44. The smallest absolute Gasteiger partial charge is 0.169 e. The number of carbonyl (C=O) groups excluding carboxylic acids is 1.